The van der Waals surface area contributed by atoms with Crippen LogP contribution in [0.3, 0.4) is 0 Å². The standard InChI is InChI=1S/C18H15F2N3O/c1-11-7-8-13(19)9-16(11)22-18(24)14-10-21-23(12(14)2)17-6-4-3-5-15(17)20/h3-10H,1-2H3,(H,22,24). The van der Waals surface area contributed by atoms with Crippen LogP contribution in [-0.2, 0) is 0 Å². The molecule has 0 aliphatic heterocycles. The van der Waals surface area contributed by atoms with Crippen LogP contribution in [0.5, 0.6) is 0 Å². The number of carbonyl (C=O) groups is 1. The zero-order chi connectivity index (χ0) is 17.3. The van der Waals surface area contributed by atoms with Crippen molar-refractivity contribution in [3.05, 3.63) is 77.1 Å². The van der Waals surface area contributed by atoms with E-state index in [0.29, 0.717) is 16.9 Å². The van der Waals surface area contributed by atoms with E-state index in [2.05, 4.69) is 10.4 Å². The molecule has 0 radical (unpaired) electrons. The number of benzene rings is 2. The molecule has 6 heteroatoms. The Kier molecular flexibility index (Phi) is 4.12. The largest absolute Gasteiger partial charge is 0.322 e. The van der Waals surface area contributed by atoms with Crippen LogP contribution in [-0.4, -0.2) is 15.7 Å². The van der Waals surface area contributed by atoms with Gasteiger partial charge in [0, 0.05) is 5.69 Å². The fourth-order valence-electron chi connectivity index (χ4n) is 2.42. The molecule has 0 saturated heterocycles. The molecular weight excluding hydrogens is 312 g/mol. The van der Waals surface area contributed by atoms with Crippen molar-refractivity contribution in [1.29, 1.82) is 0 Å². The van der Waals surface area contributed by atoms with Crippen molar-refractivity contribution in [1.82, 2.24) is 9.78 Å². The lowest BCUT2D eigenvalue weighted by molar-refractivity contribution is 0.102. The average molecular weight is 327 g/mol. The molecule has 1 amide bonds. The van der Waals surface area contributed by atoms with Gasteiger partial charge < -0.3 is 5.32 Å². The maximum absolute atomic E-state index is 13.9. The van der Waals surface area contributed by atoms with Gasteiger partial charge in [-0.2, -0.15) is 5.10 Å². The first kappa shape index (κ1) is 15.9. The van der Waals surface area contributed by atoms with E-state index >= 15 is 0 Å². The third-order valence-corrected chi connectivity index (χ3v) is 3.78. The SMILES string of the molecule is Cc1ccc(F)cc1NC(=O)c1cnn(-c2ccccc2F)c1C. The van der Waals surface area contributed by atoms with E-state index in [1.54, 1.807) is 38.1 Å². The van der Waals surface area contributed by atoms with Crippen LogP contribution in [0.4, 0.5) is 14.5 Å². The van der Waals surface area contributed by atoms with Gasteiger partial charge in [-0.15, -0.1) is 0 Å². The molecule has 0 bridgehead atoms. The van der Waals surface area contributed by atoms with Gasteiger partial charge in [0.25, 0.3) is 5.91 Å². The maximum atomic E-state index is 13.9. The number of hydrogen-bond donors (Lipinski definition) is 1. The molecule has 0 unspecified atom stereocenters. The number of amides is 1. The third kappa shape index (κ3) is 2.90. The molecule has 3 rings (SSSR count). The van der Waals surface area contributed by atoms with Crippen molar-refractivity contribution in [2.24, 2.45) is 0 Å². The normalized spacial score (nSPS) is 10.7. The highest BCUT2D eigenvalue weighted by molar-refractivity contribution is 6.05. The van der Waals surface area contributed by atoms with Crippen molar-refractivity contribution in [3.63, 3.8) is 0 Å². The highest BCUT2D eigenvalue weighted by Crippen LogP contribution is 2.20. The second kappa shape index (κ2) is 6.23. The molecule has 1 heterocycles. The molecule has 2 aromatic carbocycles. The highest BCUT2D eigenvalue weighted by Gasteiger charge is 2.17. The molecule has 0 aliphatic carbocycles. The van der Waals surface area contributed by atoms with E-state index < -0.39 is 17.5 Å². The Labute approximate surface area is 137 Å². The number of carbonyl (C=O) groups excluding carboxylic acids is 1. The minimum Gasteiger partial charge on any atom is -0.322 e. The Hall–Kier alpha value is -3.02. The number of para-hydroxylation sites is 1. The van der Waals surface area contributed by atoms with Crippen LogP contribution < -0.4 is 5.32 Å². The van der Waals surface area contributed by atoms with Gasteiger partial charge in [0.05, 0.1) is 17.5 Å². The van der Waals surface area contributed by atoms with Gasteiger partial charge in [-0.3, -0.25) is 4.79 Å². The van der Waals surface area contributed by atoms with Gasteiger partial charge in [-0.25, -0.2) is 13.5 Å². The number of aromatic nitrogens is 2. The van der Waals surface area contributed by atoms with Crippen LogP contribution in [0.25, 0.3) is 5.69 Å². The fraction of sp³-hybridized carbons (Fsp3) is 0.111. The summed E-state index contributed by atoms with van der Waals surface area (Å²) in [7, 11) is 0. The molecule has 0 fully saturated rings. The Balaban J connectivity index is 1.92. The molecule has 3 aromatic rings. The van der Waals surface area contributed by atoms with E-state index in [4.69, 9.17) is 0 Å². The molecule has 4 nitrogen and oxygen atoms in total. The summed E-state index contributed by atoms with van der Waals surface area (Å²) in [6.07, 6.45) is 1.37. The number of halogens is 2. The molecule has 122 valence electrons. The van der Waals surface area contributed by atoms with Crippen LogP contribution in [0.15, 0.2) is 48.7 Å². The lowest BCUT2D eigenvalue weighted by atomic mass is 10.1. The van der Waals surface area contributed by atoms with Crippen LogP contribution >= 0.6 is 0 Å². The minimum atomic E-state index is -0.435. The maximum Gasteiger partial charge on any atom is 0.259 e. The van der Waals surface area contributed by atoms with Crippen LogP contribution in [0.1, 0.15) is 21.6 Å². The van der Waals surface area contributed by atoms with Crippen molar-refractivity contribution in [2.75, 3.05) is 5.32 Å². The molecule has 24 heavy (non-hydrogen) atoms. The topological polar surface area (TPSA) is 46.9 Å². The summed E-state index contributed by atoms with van der Waals surface area (Å²) in [6, 6.07) is 10.3. The second-order valence-electron chi connectivity index (χ2n) is 5.42. The smallest absolute Gasteiger partial charge is 0.259 e. The first-order valence-corrected chi connectivity index (χ1v) is 7.34. The quantitative estimate of drug-likeness (QED) is 0.790. The number of rotatable bonds is 3. The van der Waals surface area contributed by atoms with Crippen LogP contribution in [0.2, 0.25) is 0 Å². The number of hydrogen-bond acceptors (Lipinski definition) is 2. The van der Waals surface area contributed by atoms with E-state index in [9.17, 15) is 13.6 Å². The molecule has 0 atom stereocenters. The van der Waals surface area contributed by atoms with E-state index in [0.717, 1.165) is 5.56 Å². The predicted octanol–water partition coefficient (Wildman–Crippen LogP) is 4.02. The fourth-order valence-corrected chi connectivity index (χ4v) is 2.42. The summed E-state index contributed by atoms with van der Waals surface area (Å²) in [5, 5.41) is 6.75. The summed E-state index contributed by atoms with van der Waals surface area (Å²) in [4.78, 5) is 12.4. The highest BCUT2D eigenvalue weighted by atomic mass is 19.1. The second-order valence-corrected chi connectivity index (χ2v) is 5.42. The monoisotopic (exact) mass is 327 g/mol. The summed E-state index contributed by atoms with van der Waals surface area (Å²) < 4.78 is 28.6. The first-order chi connectivity index (χ1) is 11.5. The molecule has 1 N–H and O–H groups in total. The molecular formula is C18H15F2N3O. The number of anilines is 1. The molecule has 1 aromatic heterocycles. The molecule has 0 aliphatic rings. The lowest BCUT2D eigenvalue weighted by Crippen LogP contribution is -2.14. The molecule has 0 saturated carbocycles. The number of nitrogens with one attached hydrogen (secondary N) is 1. The van der Waals surface area contributed by atoms with Gasteiger partial charge in [0.15, 0.2) is 0 Å². The predicted molar refractivity (Wildman–Crippen MR) is 87.3 cm³/mol. The summed E-state index contributed by atoms with van der Waals surface area (Å²) in [5.74, 6) is -1.30. The van der Waals surface area contributed by atoms with Crippen molar-refractivity contribution in [2.45, 2.75) is 13.8 Å². The lowest BCUT2D eigenvalue weighted by Gasteiger charge is -2.09. The summed E-state index contributed by atoms with van der Waals surface area (Å²) in [5.41, 5.74) is 2.17. The Morgan fingerprint density at radius 2 is 1.88 bits per heavy atom. The van der Waals surface area contributed by atoms with Crippen molar-refractivity contribution in [3.8, 4) is 5.69 Å². The van der Waals surface area contributed by atoms with E-state index in [1.165, 1.54) is 29.1 Å². The zero-order valence-corrected chi connectivity index (χ0v) is 13.2. The zero-order valence-electron chi connectivity index (χ0n) is 13.2. The van der Waals surface area contributed by atoms with Gasteiger partial charge in [0.2, 0.25) is 0 Å². The average Bonchev–Trinajstić information content (AvgIpc) is 2.93. The van der Waals surface area contributed by atoms with Gasteiger partial charge in [-0.05, 0) is 43.7 Å². The minimum absolute atomic E-state index is 0.260. The van der Waals surface area contributed by atoms with Gasteiger partial charge in [0.1, 0.15) is 17.3 Å². The van der Waals surface area contributed by atoms with Crippen molar-refractivity contribution >= 4 is 11.6 Å². The number of nitrogens with zero attached hydrogens (tertiary/aromatic N) is 2. The summed E-state index contributed by atoms with van der Waals surface area (Å²) >= 11 is 0. The Morgan fingerprint density at radius 1 is 1.12 bits per heavy atom. The first-order valence-electron chi connectivity index (χ1n) is 7.34. The summed E-state index contributed by atoms with van der Waals surface area (Å²) in [6.45, 7) is 3.44. The van der Waals surface area contributed by atoms with Gasteiger partial charge >= 0.3 is 0 Å². The van der Waals surface area contributed by atoms with E-state index in [1.807, 2.05) is 0 Å². The van der Waals surface area contributed by atoms with Gasteiger partial charge in [-0.1, -0.05) is 18.2 Å². The molecule has 0 spiro atoms. The Bertz CT molecular complexity index is 918. The number of aryl methyl sites for hydroxylation is 1. The van der Waals surface area contributed by atoms with Crippen LogP contribution in [0, 0.1) is 25.5 Å². The van der Waals surface area contributed by atoms with Crippen molar-refractivity contribution < 1.29 is 13.6 Å². The third-order valence-electron chi connectivity index (χ3n) is 3.78. The Morgan fingerprint density at radius 3 is 2.62 bits per heavy atom. The van der Waals surface area contributed by atoms with E-state index in [-0.39, 0.29) is 5.69 Å².